The molecule has 8 heteroatoms. The highest BCUT2D eigenvalue weighted by Gasteiger charge is 2.29. The van der Waals surface area contributed by atoms with Crippen LogP contribution in [0.25, 0.3) is 0 Å². The van der Waals surface area contributed by atoms with Crippen LogP contribution >= 0.6 is 0 Å². The number of nitrogens with one attached hydrogen (secondary N) is 1. The molecule has 0 radical (unpaired) electrons. The number of sulfonamides is 1. The van der Waals surface area contributed by atoms with E-state index in [1.54, 1.807) is 24.8 Å². The van der Waals surface area contributed by atoms with E-state index in [0.717, 1.165) is 18.4 Å². The number of carboxylic acid groups (broad SMARTS) is 1. The summed E-state index contributed by atoms with van der Waals surface area (Å²) in [6.07, 6.45) is 1.60. The number of carbonyl (C=O) groups is 2. The number of carbonyl (C=O) groups excluding carboxylic acids is 1. The topological polar surface area (TPSA) is 104 Å². The molecule has 1 aromatic rings. The summed E-state index contributed by atoms with van der Waals surface area (Å²) >= 11 is 0. The van der Waals surface area contributed by atoms with Crippen molar-refractivity contribution in [1.29, 1.82) is 0 Å². The second-order valence-electron chi connectivity index (χ2n) is 6.25. The second-order valence-corrected chi connectivity index (χ2v) is 7.96. The number of anilines is 1. The minimum absolute atomic E-state index is 0.0405. The molecule has 0 spiro atoms. The molecule has 1 aliphatic rings. The summed E-state index contributed by atoms with van der Waals surface area (Å²) in [4.78, 5) is 24.5. The first kappa shape index (κ1) is 18.4. The van der Waals surface area contributed by atoms with Crippen LogP contribution in [-0.4, -0.2) is 38.0 Å². The molecule has 1 unspecified atom stereocenters. The van der Waals surface area contributed by atoms with Crippen LogP contribution in [0, 0.1) is 5.92 Å². The molecule has 1 aliphatic heterocycles. The van der Waals surface area contributed by atoms with Crippen molar-refractivity contribution in [2.24, 2.45) is 5.92 Å². The van der Waals surface area contributed by atoms with Gasteiger partial charge in [-0.25, -0.2) is 8.42 Å². The maximum Gasteiger partial charge on any atom is 0.322 e. The fourth-order valence-corrected chi connectivity index (χ4v) is 4.11. The van der Waals surface area contributed by atoms with Crippen LogP contribution in [0.4, 0.5) is 5.69 Å². The zero-order chi connectivity index (χ0) is 18.1. The van der Waals surface area contributed by atoms with Gasteiger partial charge in [0.1, 0.15) is 6.04 Å². The number of carboxylic acids is 1. The lowest BCUT2D eigenvalue weighted by Crippen LogP contribution is -2.44. The standard InChI is InChI=1S/C16H22N2O5S/c1-10(2)15(16(20)21)17-24(22,23)13-7-6-12-5-4-8-18(11(3)19)14(12)9-13/h6-7,9-10,15,17H,4-5,8H2,1-3H3,(H,20,21). The zero-order valence-electron chi connectivity index (χ0n) is 13.9. The third-order valence-corrected chi connectivity index (χ3v) is 5.52. The van der Waals surface area contributed by atoms with Crippen molar-refractivity contribution in [3.05, 3.63) is 23.8 Å². The average molecular weight is 354 g/mol. The molecule has 0 bridgehead atoms. The highest BCUT2D eigenvalue weighted by molar-refractivity contribution is 7.89. The van der Waals surface area contributed by atoms with E-state index in [4.69, 9.17) is 0 Å². The van der Waals surface area contributed by atoms with Crippen LogP contribution < -0.4 is 9.62 Å². The van der Waals surface area contributed by atoms with Gasteiger partial charge in [0, 0.05) is 19.2 Å². The molecule has 1 aromatic carbocycles. The van der Waals surface area contributed by atoms with Gasteiger partial charge >= 0.3 is 5.97 Å². The number of amides is 1. The third kappa shape index (κ3) is 3.76. The molecule has 0 saturated heterocycles. The minimum Gasteiger partial charge on any atom is -0.480 e. The SMILES string of the molecule is CC(=O)N1CCCc2ccc(S(=O)(=O)NC(C(=O)O)C(C)C)cc21. The van der Waals surface area contributed by atoms with Gasteiger partial charge < -0.3 is 10.0 Å². The molecule has 0 fully saturated rings. The Morgan fingerprint density at radius 1 is 1.29 bits per heavy atom. The molecular formula is C16H22N2O5S. The third-order valence-electron chi connectivity index (χ3n) is 4.08. The van der Waals surface area contributed by atoms with Crippen molar-refractivity contribution < 1.29 is 23.1 Å². The van der Waals surface area contributed by atoms with Crippen molar-refractivity contribution in [3.8, 4) is 0 Å². The van der Waals surface area contributed by atoms with E-state index in [2.05, 4.69) is 4.72 Å². The summed E-state index contributed by atoms with van der Waals surface area (Å²) in [5.74, 6) is -1.77. The molecule has 132 valence electrons. The zero-order valence-corrected chi connectivity index (χ0v) is 14.8. The van der Waals surface area contributed by atoms with Gasteiger partial charge in [0.25, 0.3) is 0 Å². The number of aryl methyl sites for hydroxylation is 1. The molecule has 0 aliphatic carbocycles. The van der Waals surface area contributed by atoms with Crippen LogP contribution in [0.5, 0.6) is 0 Å². The Morgan fingerprint density at radius 2 is 1.96 bits per heavy atom. The van der Waals surface area contributed by atoms with Gasteiger partial charge in [0.15, 0.2) is 0 Å². The lowest BCUT2D eigenvalue weighted by atomic mass is 10.0. The fourth-order valence-electron chi connectivity index (χ4n) is 2.76. The number of fused-ring (bicyclic) bond motifs is 1. The first-order valence-electron chi connectivity index (χ1n) is 7.79. The van der Waals surface area contributed by atoms with Crippen molar-refractivity contribution in [1.82, 2.24) is 4.72 Å². The summed E-state index contributed by atoms with van der Waals surface area (Å²) in [5, 5.41) is 9.18. The van der Waals surface area contributed by atoms with Crippen molar-refractivity contribution >= 4 is 27.6 Å². The highest BCUT2D eigenvalue weighted by Crippen LogP contribution is 2.30. The predicted octanol–water partition coefficient (Wildman–Crippen LogP) is 1.37. The van der Waals surface area contributed by atoms with Gasteiger partial charge in [0.05, 0.1) is 4.90 Å². The van der Waals surface area contributed by atoms with Gasteiger partial charge in [0.2, 0.25) is 15.9 Å². The van der Waals surface area contributed by atoms with Gasteiger partial charge in [-0.3, -0.25) is 9.59 Å². The van der Waals surface area contributed by atoms with Crippen molar-refractivity contribution in [2.75, 3.05) is 11.4 Å². The Hall–Kier alpha value is -1.93. The number of nitrogens with zero attached hydrogens (tertiary/aromatic N) is 1. The van der Waals surface area contributed by atoms with Crippen molar-refractivity contribution in [2.45, 2.75) is 44.6 Å². The first-order valence-corrected chi connectivity index (χ1v) is 9.28. The molecular weight excluding hydrogens is 332 g/mol. The Kier molecular flexibility index (Phi) is 5.29. The Morgan fingerprint density at radius 3 is 2.50 bits per heavy atom. The summed E-state index contributed by atoms with van der Waals surface area (Å²) in [6.45, 7) is 5.24. The molecule has 24 heavy (non-hydrogen) atoms. The first-order chi connectivity index (χ1) is 11.1. The van der Waals surface area contributed by atoms with Gasteiger partial charge in [-0.1, -0.05) is 19.9 Å². The van der Waals surface area contributed by atoms with Crippen LogP contribution in [0.3, 0.4) is 0 Å². The van der Waals surface area contributed by atoms with Crippen molar-refractivity contribution in [3.63, 3.8) is 0 Å². The van der Waals surface area contributed by atoms with E-state index in [1.165, 1.54) is 19.1 Å². The van der Waals surface area contributed by atoms with Gasteiger partial charge in [-0.05, 0) is 36.5 Å². The highest BCUT2D eigenvalue weighted by atomic mass is 32.2. The predicted molar refractivity (Wildman–Crippen MR) is 89.4 cm³/mol. The van der Waals surface area contributed by atoms with Crippen LogP contribution in [0.1, 0.15) is 32.8 Å². The fraction of sp³-hybridized carbons (Fsp3) is 0.500. The maximum absolute atomic E-state index is 12.5. The molecule has 0 saturated carbocycles. The Labute approximate surface area is 141 Å². The van der Waals surface area contributed by atoms with Gasteiger partial charge in [-0.2, -0.15) is 4.72 Å². The molecule has 2 rings (SSSR count). The molecule has 0 aromatic heterocycles. The van der Waals surface area contributed by atoms with Crippen LogP contribution in [0.15, 0.2) is 23.1 Å². The van der Waals surface area contributed by atoms with Crippen LogP contribution in [0.2, 0.25) is 0 Å². The quantitative estimate of drug-likeness (QED) is 0.831. The average Bonchev–Trinajstić information content (AvgIpc) is 2.50. The van der Waals surface area contributed by atoms with E-state index in [9.17, 15) is 23.1 Å². The number of benzene rings is 1. The second kappa shape index (κ2) is 6.90. The largest absolute Gasteiger partial charge is 0.480 e. The van der Waals surface area contributed by atoms with Crippen LogP contribution in [-0.2, 0) is 26.0 Å². The molecule has 7 nitrogen and oxygen atoms in total. The minimum atomic E-state index is -4.00. The lowest BCUT2D eigenvalue weighted by molar-refractivity contribution is -0.140. The summed E-state index contributed by atoms with van der Waals surface area (Å²) in [5.41, 5.74) is 1.49. The van der Waals surface area contributed by atoms with E-state index in [-0.39, 0.29) is 10.8 Å². The monoisotopic (exact) mass is 354 g/mol. The number of aliphatic carboxylic acids is 1. The summed E-state index contributed by atoms with van der Waals surface area (Å²) < 4.78 is 27.3. The molecule has 1 amide bonds. The molecule has 1 heterocycles. The molecule has 2 N–H and O–H groups in total. The smallest absolute Gasteiger partial charge is 0.322 e. The maximum atomic E-state index is 12.5. The lowest BCUT2D eigenvalue weighted by Gasteiger charge is -2.29. The normalized spacial score (nSPS) is 15.9. The summed E-state index contributed by atoms with van der Waals surface area (Å²) in [7, 11) is -4.00. The number of hydrogen-bond acceptors (Lipinski definition) is 4. The molecule has 1 atom stereocenters. The van der Waals surface area contributed by atoms with Gasteiger partial charge in [-0.15, -0.1) is 0 Å². The van der Waals surface area contributed by atoms with E-state index >= 15 is 0 Å². The van der Waals surface area contributed by atoms with E-state index in [0.29, 0.717) is 12.2 Å². The van der Waals surface area contributed by atoms with E-state index < -0.39 is 28.0 Å². The Balaban J connectivity index is 2.40. The number of rotatable bonds is 5. The summed E-state index contributed by atoms with van der Waals surface area (Å²) in [6, 6.07) is 3.36. The van der Waals surface area contributed by atoms with E-state index in [1.807, 2.05) is 0 Å². The number of hydrogen-bond donors (Lipinski definition) is 2. The Bertz CT molecular complexity index is 758.